The standard InChI is InChI=1S/C18H23N3O2/c1-12-17(13(2)20(3)19-12)16-8-5-9-21(16)11-14-6-4-7-15(10-14)18(22)23/h4,6-7,10,16H,5,8-9,11H2,1-3H3,(H,22,23). The van der Waals surface area contributed by atoms with E-state index < -0.39 is 5.97 Å². The Morgan fingerprint density at radius 3 is 2.83 bits per heavy atom. The van der Waals surface area contributed by atoms with Crippen molar-refractivity contribution in [2.75, 3.05) is 6.54 Å². The number of aromatic carboxylic acids is 1. The topological polar surface area (TPSA) is 58.4 Å². The zero-order chi connectivity index (χ0) is 16.6. The van der Waals surface area contributed by atoms with Crippen molar-refractivity contribution >= 4 is 5.97 Å². The second kappa shape index (κ2) is 6.16. The Hall–Kier alpha value is -2.14. The van der Waals surface area contributed by atoms with E-state index in [1.165, 1.54) is 11.3 Å². The molecule has 1 atom stereocenters. The number of hydrogen-bond acceptors (Lipinski definition) is 3. The molecule has 2 heterocycles. The van der Waals surface area contributed by atoms with Crippen molar-refractivity contribution in [3.63, 3.8) is 0 Å². The van der Waals surface area contributed by atoms with Gasteiger partial charge in [0, 0.05) is 30.9 Å². The lowest BCUT2D eigenvalue weighted by atomic mass is 10.0. The fourth-order valence-electron chi connectivity index (χ4n) is 3.65. The van der Waals surface area contributed by atoms with Gasteiger partial charge < -0.3 is 5.11 Å². The number of rotatable bonds is 4. The van der Waals surface area contributed by atoms with E-state index in [2.05, 4.69) is 23.8 Å². The number of carbonyl (C=O) groups is 1. The van der Waals surface area contributed by atoms with Crippen LogP contribution in [0.3, 0.4) is 0 Å². The molecule has 0 aliphatic carbocycles. The van der Waals surface area contributed by atoms with Crippen molar-refractivity contribution in [1.29, 1.82) is 0 Å². The summed E-state index contributed by atoms with van der Waals surface area (Å²) in [5.74, 6) is -0.872. The van der Waals surface area contributed by atoms with E-state index in [1.54, 1.807) is 12.1 Å². The molecule has 1 aromatic carbocycles. The summed E-state index contributed by atoms with van der Waals surface area (Å²) in [7, 11) is 1.99. The van der Waals surface area contributed by atoms with Crippen molar-refractivity contribution in [2.45, 2.75) is 39.3 Å². The highest BCUT2D eigenvalue weighted by molar-refractivity contribution is 5.87. The van der Waals surface area contributed by atoms with Crippen molar-refractivity contribution in [3.05, 3.63) is 52.3 Å². The quantitative estimate of drug-likeness (QED) is 0.942. The van der Waals surface area contributed by atoms with Gasteiger partial charge in [-0.05, 0) is 50.9 Å². The lowest BCUT2D eigenvalue weighted by Crippen LogP contribution is -2.23. The third kappa shape index (κ3) is 3.01. The van der Waals surface area contributed by atoms with Crippen LogP contribution in [0.15, 0.2) is 24.3 Å². The van der Waals surface area contributed by atoms with Crippen LogP contribution in [0.2, 0.25) is 0 Å². The molecule has 0 amide bonds. The summed E-state index contributed by atoms with van der Waals surface area (Å²) in [6, 6.07) is 7.62. The summed E-state index contributed by atoms with van der Waals surface area (Å²) in [6.45, 7) is 6.01. The number of nitrogens with zero attached hydrogens (tertiary/aromatic N) is 3. The monoisotopic (exact) mass is 313 g/mol. The van der Waals surface area contributed by atoms with Crippen molar-refractivity contribution in [2.24, 2.45) is 7.05 Å². The second-order valence-corrected chi connectivity index (χ2v) is 6.34. The Morgan fingerprint density at radius 2 is 2.17 bits per heavy atom. The fraction of sp³-hybridized carbons (Fsp3) is 0.444. The third-order valence-electron chi connectivity index (χ3n) is 4.82. The fourth-order valence-corrected chi connectivity index (χ4v) is 3.65. The first-order chi connectivity index (χ1) is 11.0. The number of benzene rings is 1. The van der Waals surface area contributed by atoms with Gasteiger partial charge in [-0.2, -0.15) is 5.10 Å². The van der Waals surface area contributed by atoms with Gasteiger partial charge in [-0.3, -0.25) is 9.58 Å². The van der Waals surface area contributed by atoms with Crippen LogP contribution in [0.25, 0.3) is 0 Å². The van der Waals surface area contributed by atoms with Crippen LogP contribution in [0.5, 0.6) is 0 Å². The third-order valence-corrected chi connectivity index (χ3v) is 4.82. The number of hydrogen-bond donors (Lipinski definition) is 1. The first kappa shape index (κ1) is 15.7. The highest BCUT2D eigenvalue weighted by Gasteiger charge is 2.30. The van der Waals surface area contributed by atoms with Gasteiger partial charge >= 0.3 is 5.97 Å². The van der Waals surface area contributed by atoms with Crippen LogP contribution in [-0.2, 0) is 13.6 Å². The van der Waals surface area contributed by atoms with Crippen LogP contribution < -0.4 is 0 Å². The molecule has 0 spiro atoms. The Balaban J connectivity index is 1.85. The molecule has 1 fully saturated rings. The van der Waals surface area contributed by atoms with E-state index >= 15 is 0 Å². The molecular formula is C18H23N3O2. The van der Waals surface area contributed by atoms with Gasteiger partial charge in [0.05, 0.1) is 11.3 Å². The largest absolute Gasteiger partial charge is 0.478 e. The molecule has 5 nitrogen and oxygen atoms in total. The van der Waals surface area contributed by atoms with Crippen molar-refractivity contribution < 1.29 is 9.90 Å². The zero-order valence-electron chi connectivity index (χ0n) is 13.9. The number of carboxylic acid groups (broad SMARTS) is 1. The normalized spacial score (nSPS) is 18.5. The van der Waals surface area contributed by atoms with E-state index in [9.17, 15) is 4.79 Å². The lowest BCUT2D eigenvalue weighted by Gasteiger charge is -2.25. The smallest absolute Gasteiger partial charge is 0.335 e. The summed E-state index contributed by atoms with van der Waals surface area (Å²) >= 11 is 0. The molecule has 0 bridgehead atoms. The summed E-state index contributed by atoms with van der Waals surface area (Å²) in [5, 5.41) is 13.7. The first-order valence-electron chi connectivity index (χ1n) is 8.03. The van der Waals surface area contributed by atoms with Gasteiger partial charge in [0.1, 0.15) is 0 Å². The SMILES string of the molecule is Cc1nn(C)c(C)c1C1CCCN1Cc1cccc(C(=O)O)c1. The Bertz CT molecular complexity index is 736. The van der Waals surface area contributed by atoms with Gasteiger partial charge in [0.2, 0.25) is 0 Å². The van der Waals surface area contributed by atoms with Gasteiger partial charge in [0.15, 0.2) is 0 Å². The molecule has 1 aliphatic heterocycles. The Morgan fingerprint density at radius 1 is 1.39 bits per heavy atom. The van der Waals surface area contributed by atoms with Gasteiger partial charge in [0.25, 0.3) is 0 Å². The summed E-state index contributed by atoms with van der Waals surface area (Å²) in [4.78, 5) is 13.6. The molecule has 122 valence electrons. The van der Waals surface area contributed by atoms with E-state index in [-0.39, 0.29) is 0 Å². The zero-order valence-corrected chi connectivity index (χ0v) is 13.9. The number of aryl methyl sites for hydroxylation is 2. The predicted molar refractivity (Wildman–Crippen MR) is 88.5 cm³/mol. The molecule has 23 heavy (non-hydrogen) atoms. The average molecular weight is 313 g/mol. The number of likely N-dealkylation sites (tertiary alicyclic amines) is 1. The minimum absolute atomic E-state index is 0.354. The maximum atomic E-state index is 11.1. The average Bonchev–Trinajstić information content (AvgIpc) is 3.04. The van der Waals surface area contributed by atoms with E-state index in [1.807, 2.05) is 23.9 Å². The molecule has 1 N–H and O–H groups in total. The maximum absolute atomic E-state index is 11.1. The molecule has 5 heteroatoms. The number of carboxylic acids is 1. The van der Waals surface area contributed by atoms with Crippen LogP contribution in [0, 0.1) is 13.8 Å². The summed E-state index contributed by atoms with van der Waals surface area (Å²) in [6.07, 6.45) is 2.29. The molecule has 2 aromatic rings. The first-order valence-corrected chi connectivity index (χ1v) is 8.03. The van der Waals surface area contributed by atoms with Crippen LogP contribution in [0.1, 0.15) is 51.8 Å². The Labute approximate surface area is 136 Å². The molecule has 0 saturated carbocycles. The molecular weight excluding hydrogens is 290 g/mol. The molecule has 1 aromatic heterocycles. The molecule has 1 saturated heterocycles. The summed E-state index contributed by atoms with van der Waals surface area (Å²) in [5.41, 5.74) is 5.06. The Kier molecular flexibility index (Phi) is 4.22. The van der Waals surface area contributed by atoms with Crippen molar-refractivity contribution in [3.8, 4) is 0 Å². The maximum Gasteiger partial charge on any atom is 0.335 e. The molecule has 0 radical (unpaired) electrons. The van der Waals surface area contributed by atoms with E-state index in [0.717, 1.165) is 37.2 Å². The lowest BCUT2D eigenvalue weighted by molar-refractivity contribution is 0.0696. The van der Waals surface area contributed by atoms with Crippen LogP contribution >= 0.6 is 0 Å². The van der Waals surface area contributed by atoms with Gasteiger partial charge in [-0.15, -0.1) is 0 Å². The van der Waals surface area contributed by atoms with E-state index in [0.29, 0.717) is 11.6 Å². The molecule has 1 aliphatic rings. The number of aromatic nitrogens is 2. The van der Waals surface area contributed by atoms with Gasteiger partial charge in [-0.1, -0.05) is 12.1 Å². The van der Waals surface area contributed by atoms with Crippen LogP contribution in [-0.4, -0.2) is 32.3 Å². The minimum atomic E-state index is -0.872. The van der Waals surface area contributed by atoms with E-state index in [4.69, 9.17) is 5.11 Å². The van der Waals surface area contributed by atoms with Crippen LogP contribution in [0.4, 0.5) is 0 Å². The van der Waals surface area contributed by atoms with Gasteiger partial charge in [-0.25, -0.2) is 4.79 Å². The predicted octanol–water partition coefficient (Wildman–Crippen LogP) is 3.07. The highest BCUT2D eigenvalue weighted by Crippen LogP contribution is 2.36. The second-order valence-electron chi connectivity index (χ2n) is 6.34. The summed E-state index contributed by atoms with van der Waals surface area (Å²) < 4.78 is 1.95. The molecule has 1 unspecified atom stereocenters. The van der Waals surface area contributed by atoms with Crippen molar-refractivity contribution in [1.82, 2.24) is 14.7 Å². The minimum Gasteiger partial charge on any atom is -0.478 e. The molecule has 3 rings (SSSR count). The highest BCUT2D eigenvalue weighted by atomic mass is 16.4.